The molecule has 1 aromatic rings. The maximum absolute atomic E-state index is 11.7. The van der Waals surface area contributed by atoms with E-state index in [1.807, 2.05) is 32.0 Å². The van der Waals surface area contributed by atoms with Crippen LogP contribution in [0.2, 0.25) is 0 Å². The summed E-state index contributed by atoms with van der Waals surface area (Å²) in [6.45, 7) is 7.55. The lowest BCUT2D eigenvalue weighted by Gasteiger charge is -2.06. The molecule has 0 saturated heterocycles. The highest BCUT2D eigenvalue weighted by Gasteiger charge is 2.10. The molecule has 1 rings (SSSR count). The summed E-state index contributed by atoms with van der Waals surface area (Å²) in [6.07, 6.45) is 0.428. The molecule has 0 radical (unpaired) electrons. The minimum Gasteiger partial charge on any atom is -0.294 e. The van der Waals surface area contributed by atoms with Crippen molar-refractivity contribution in [2.75, 3.05) is 0 Å². The van der Waals surface area contributed by atoms with Gasteiger partial charge in [-0.25, -0.2) is 0 Å². The number of rotatable bonds is 3. The van der Waals surface area contributed by atoms with Crippen molar-refractivity contribution < 1.29 is 4.79 Å². The Morgan fingerprint density at radius 2 is 2.14 bits per heavy atom. The summed E-state index contributed by atoms with van der Waals surface area (Å²) in [7, 11) is 0. The van der Waals surface area contributed by atoms with Crippen molar-refractivity contribution in [3.8, 4) is 0 Å². The van der Waals surface area contributed by atoms with Crippen LogP contribution in [0.15, 0.2) is 34.8 Å². The monoisotopic (exact) mass is 252 g/mol. The summed E-state index contributed by atoms with van der Waals surface area (Å²) in [6, 6.07) is 5.67. The van der Waals surface area contributed by atoms with Crippen LogP contribution in [-0.4, -0.2) is 5.78 Å². The van der Waals surface area contributed by atoms with Crippen LogP contribution >= 0.6 is 15.9 Å². The van der Waals surface area contributed by atoms with E-state index >= 15 is 0 Å². The van der Waals surface area contributed by atoms with Gasteiger partial charge in [-0.3, -0.25) is 4.79 Å². The molecule has 0 amide bonds. The van der Waals surface area contributed by atoms with Gasteiger partial charge in [-0.1, -0.05) is 40.2 Å². The molecule has 14 heavy (non-hydrogen) atoms. The van der Waals surface area contributed by atoms with E-state index in [2.05, 4.69) is 22.5 Å². The van der Waals surface area contributed by atoms with Gasteiger partial charge in [-0.2, -0.15) is 0 Å². The predicted molar refractivity (Wildman–Crippen MR) is 62.6 cm³/mol. The Labute approximate surface area is 93.0 Å². The normalized spacial score (nSPS) is 9.93. The van der Waals surface area contributed by atoms with Crippen molar-refractivity contribution in [1.29, 1.82) is 0 Å². The Morgan fingerprint density at radius 1 is 1.50 bits per heavy atom. The van der Waals surface area contributed by atoms with Crippen molar-refractivity contribution in [3.63, 3.8) is 0 Å². The Bertz CT molecular complexity index is 380. The van der Waals surface area contributed by atoms with E-state index in [9.17, 15) is 4.79 Å². The van der Waals surface area contributed by atoms with E-state index < -0.39 is 0 Å². The summed E-state index contributed by atoms with van der Waals surface area (Å²) < 4.78 is 0.977. The van der Waals surface area contributed by atoms with Gasteiger partial charge in [0, 0.05) is 16.5 Å². The standard InChI is InChI=1S/C12H13BrO/c1-8(2)7-12(14)10-5-4-6-11(13)9(10)3/h4-6H,1,7H2,2-3H3. The fourth-order valence-electron chi connectivity index (χ4n) is 1.28. The molecule has 0 saturated carbocycles. The molecule has 0 N–H and O–H groups in total. The molecule has 1 aromatic carbocycles. The molecule has 0 bridgehead atoms. The lowest BCUT2D eigenvalue weighted by molar-refractivity contribution is 0.0992. The van der Waals surface area contributed by atoms with Crippen LogP contribution in [0.25, 0.3) is 0 Å². The zero-order valence-corrected chi connectivity index (χ0v) is 10.0. The predicted octanol–water partition coefficient (Wildman–Crippen LogP) is 3.91. The van der Waals surface area contributed by atoms with E-state index in [1.54, 1.807) is 0 Å². The van der Waals surface area contributed by atoms with Crippen molar-refractivity contribution in [2.45, 2.75) is 20.3 Å². The molecule has 0 unspecified atom stereocenters. The van der Waals surface area contributed by atoms with Gasteiger partial charge < -0.3 is 0 Å². The molecule has 0 atom stereocenters. The smallest absolute Gasteiger partial charge is 0.167 e. The van der Waals surface area contributed by atoms with Gasteiger partial charge in [0.15, 0.2) is 5.78 Å². The van der Waals surface area contributed by atoms with Crippen LogP contribution in [-0.2, 0) is 0 Å². The molecule has 1 nitrogen and oxygen atoms in total. The van der Waals surface area contributed by atoms with Crippen LogP contribution in [0, 0.1) is 6.92 Å². The first-order chi connectivity index (χ1) is 6.52. The highest BCUT2D eigenvalue weighted by Crippen LogP contribution is 2.21. The highest BCUT2D eigenvalue weighted by molar-refractivity contribution is 9.10. The van der Waals surface area contributed by atoms with Crippen LogP contribution in [0.5, 0.6) is 0 Å². The Morgan fingerprint density at radius 3 is 2.71 bits per heavy atom. The fourth-order valence-corrected chi connectivity index (χ4v) is 1.65. The summed E-state index contributed by atoms with van der Waals surface area (Å²) in [5.74, 6) is 0.135. The summed E-state index contributed by atoms with van der Waals surface area (Å²) in [5, 5.41) is 0. The van der Waals surface area contributed by atoms with Crippen LogP contribution < -0.4 is 0 Å². The third kappa shape index (κ3) is 2.55. The molecular weight excluding hydrogens is 240 g/mol. The van der Waals surface area contributed by atoms with E-state index in [0.29, 0.717) is 6.42 Å². The molecule has 0 spiro atoms. The number of ketones is 1. The van der Waals surface area contributed by atoms with Gasteiger partial charge in [-0.05, 0) is 25.5 Å². The molecule has 0 aliphatic heterocycles. The molecular formula is C12H13BrO. The van der Waals surface area contributed by atoms with Gasteiger partial charge in [0.05, 0.1) is 0 Å². The van der Waals surface area contributed by atoms with E-state index in [-0.39, 0.29) is 5.78 Å². The molecule has 0 aliphatic rings. The number of allylic oxidation sites excluding steroid dienone is 1. The first-order valence-electron chi connectivity index (χ1n) is 4.45. The second-order valence-corrected chi connectivity index (χ2v) is 4.32. The van der Waals surface area contributed by atoms with Crippen molar-refractivity contribution in [3.05, 3.63) is 46.0 Å². The largest absolute Gasteiger partial charge is 0.294 e. The summed E-state index contributed by atoms with van der Waals surface area (Å²) in [4.78, 5) is 11.7. The Hall–Kier alpha value is -0.890. The Balaban J connectivity index is 3.01. The zero-order chi connectivity index (χ0) is 10.7. The SMILES string of the molecule is C=C(C)CC(=O)c1cccc(Br)c1C. The number of halogens is 1. The van der Waals surface area contributed by atoms with Crippen LogP contribution in [0.4, 0.5) is 0 Å². The minimum atomic E-state index is 0.135. The lowest BCUT2D eigenvalue weighted by Crippen LogP contribution is -2.02. The van der Waals surface area contributed by atoms with E-state index in [0.717, 1.165) is 21.2 Å². The molecule has 2 heteroatoms. The zero-order valence-electron chi connectivity index (χ0n) is 8.43. The van der Waals surface area contributed by atoms with Crippen LogP contribution in [0.3, 0.4) is 0 Å². The number of hydrogen-bond acceptors (Lipinski definition) is 1. The van der Waals surface area contributed by atoms with Gasteiger partial charge in [-0.15, -0.1) is 0 Å². The average molecular weight is 253 g/mol. The molecule has 74 valence electrons. The number of Topliss-reactive ketones (excluding diaryl/α,β-unsaturated/α-hetero) is 1. The van der Waals surface area contributed by atoms with E-state index in [1.165, 1.54) is 0 Å². The molecule has 0 heterocycles. The number of hydrogen-bond donors (Lipinski definition) is 0. The number of carbonyl (C=O) groups excluding carboxylic acids is 1. The quantitative estimate of drug-likeness (QED) is 0.589. The van der Waals surface area contributed by atoms with Gasteiger partial charge in [0.1, 0.15) is 0 Å². The first-order valence-corrected chi connectivity index (χ1v) is 5.24. The van der Waals surface area contributed by atoms with Gasteiger partial charge >= 0.3 is 0 Å². The van der Waals surface area contributed by atoms with Crippen molar-refractivity contribution in [1.82, 2.24) is 0 Å². The minimum absolute atomic E-state index is 0.135. The van der Waals surface area contributed by atoms with Crippen molar-refractivity contribution >= 4 is 21.7 Å². The van der Waals surface area contributed by atoms with Crippen LogP contribution in [0.1, 0.15) is 29.3 Å². The van der Waals surface area contributed by atoms with Crippen molar-refractivity contribution in [2.24, 2.45) is 0 Å². The number of carbonyl (C=O) groups is 1. The summed E-state index contributed by atoms with van der Waals surface area (Å²) in [5.41, 5.74) is 2.68. The molecule has 0 aromatic heterocycles. The van der Waals surface area contributed by atoms with Gasteiger partial charge in [0.2, 0.25) is 0 Å². The van der Waals surface area contributed by atoms with Gasteiger partial charge in [0.25, 0.3) is 0 Å². The Kier molecular flexibility index (Phi) is 3.64. The third-order valence-electron chi connectivity index (χ3n) is 2.03. The first kappa shape index (κ1) is 11.2. The fraction of sp³-hybridized carbons (Fsp3) is 0.250. The molecule has 0 aliphatic carbocycles. The topological polar surface area (TPSA) is 17.1 Å². The number of benzene rings is 1. The third-order valence-corrected chi connectivity index (χ3v) is 2.89. The van der Waals surface area contributed by atoms with E-state index in [4.69, 9.17) is 0 Å². The maximum atomic E-state index is 11.7. The highest BCUT2D eigenvalue weighted by atomic mass is 79.9. The second kappa shape index (κ2) is 4.56. The average Bonchev–Trinajstić information content (AvgIpc) is 2.08. The molecule has 0 fully saturated rings. The lowest BCUT2D eigenvalue weighted by atomic mass is 10.0. The second-order valence-electron chi connectivity index (χ2n) is 3.47. The summed E-state index contributed by atoms with van der Waals surface area (Å²) >= 11 is 3.41. The maximum Gasteiger partial charge on any atom is 0.167 e.